The molecule has 1 saturated carbocycles. The van der Waals surface area contributed by atoms with Crippen LogP contribution in [0.2, 0.25) is 0 Å². The van der Waals surface area contributed by atoms with Gasteiger partial charge in [0.05, 0.1) is 17.9 Å². The van der Waals surface area contributed by atoms with Crippen LogP contribution >= 0.6 is 0 Å². The topological polar surface area (TPSA) is 50.4 Å². The lowest BCUT2D eigenvalue weighted by Crippen LogP contribution is -2.35. The van der Waals surface area contributed by atoms with Gasteiger partial charge in [0.25, 0.3) is 0 Å². The fraction of sp³-hybridized carbons (Fsp3) is 0.583. The fourth-order valence-corrected chi connectivity index (χ4v) is 2.48. The molecule has 0 radical (unpaired) electrons. The van der Waals surface area contributed by atoms with Crippen molar-refractivity contribution in [1.29, 1.82) is 0 Å². The number of hydrogen-bond donors (Lipinski definition) is 1. The summed E-state index contributed by atoms with van der Waals surface area (Å²) in [6.45, 7) is 0. The molecule has 3 heteroatoms. The van der Waals surface area contributed by atoms with Gasteiger partial charge < -0.3 is 9.52 Å². The number of furan rings is 1. The summed E-state index contributed by atoms with van der Waals surface area (Å²) in [6.07, 6.45) is 8.70. The quantitative estimate of drug-likeness (QED) is 0.830. The molecule has 1 aromatic heterocycles. The minimum atomic E-state index is -0.650. The normalized spacial score (nSPS) is 20.0. The van der Waals surface area contributed by atoms with Crippen LogP contribution in [0.4, 0.5) is 0 Å². The predicted molar refractivity (Wildman–Crippen MR) is 55.6 cm³/mol. The van der Waals surface area contributed by atoms with Crippen LogP contribution in [0.15, 0.2) is 23.0 Å². The Morgan fingerprint density at radius 1 is 1.40 bits per heavy atom. The van der Waals surface area contributed by atoms with E-state index in [2.05, 4.69) is 0 Å². The second kappa shape index (κ2) is 4.09. The Morgan fingerprint density at radius 3 is 2.67 bits per heavy atom. The molecule has 0 spiro atoms. The highest BCUT2D eigenvalue weighted by Crippen LogP contribution is 2.39. The monoisotopic (exact) mass is 208 g/mol. The first kappa shape index (κ1) is 10.3. The van der Waals surface area contributed by atoms with E-state index in [0.29, 0.717) is 6.42 Å². The second-order valence-electron chi connectivity index (χ2n) is 4.45. The summed E-state index contributed by atoms with van der Waals surface area (Å²) >= 11 is 0. The highest BCUT2D eigenvalue weighted by atomic mass is 16.4. The van der Waals surface area contributed by atoms with Crippen molar-refractivity contribution in [2.75, 3.05) is 0 Å². The van der Waals surface area contributed by atoms with E-state index >= 15 is 0 Å². The van der Waals surface area contributed by atoms with Crippen LogP contribution in [0.25, 0.3) is 0 Å². The summed E-state index contributed by atoms with van der Waals surface area (Å²) < 4.78 is 4.99. The van der Waals surface area contributed by atoms with Gasteiger partial charge in [0.15, 0.2) is 0 Å². The van der Waals surface area contributed by atoms with E-state index in [1.807, 2.05) is 6.07 Å². The van der Waals surface area contributed by atoms with Crippen molar-refractivity contribution in [1.82, 2.24) is 0 Å². The summed E-state index contributed by atoms with van der Waals surface area (Å²) in [5, 5.41) is 9.36. The van der Waals surface area contributed by atoms with Crippen LogP contribution < -0.4 is 0 Å². The first-order valence-electron chi connectivity index (χ1n) is 5.47. The van der Waals surface area contributed by atoms with Crippen molar-refractivity contribution in [2.45, 2.75) is 38.5 Å². The van der Waals surface area contributed by atoms with Gasteiger partial charge in [-0.3, -0.25) is 4.79 Å². The molecule has 1 aliphatic rings. The molecule has 0 aliphatic heterocycles. The summed E-state index contributed by atoms with van der Waals surface area (Å²) in [6, 6.07) is 1.86. The average Bonchev–Trinajstić information content (AvgIpc) is 2.71. The van der Waals surface area contributed by atoms with Crippen LogP contribution in [-0.4, -0.2) is 11.1 Å². The Kier molecular flexibility index (Phi) is 2.80. The van der Waals surface area contributed by atoms with Crippen molar-refractivity contribution >= 4 is 5.97 Å². The number of rotatable bonds is 3. The summed E-state index contributed by atoms with van der Waals surface area (Å²) in [5.41, 5.74) is 0.460. The molecular weight excluding hydrogens is 192 g/mol. The van der Waals surface area contributed by atoms with Crippen LogP contribution in [0, 0.1) is 5.41 Å². The van der Waals surface area contributed by atoms with Gasteiger partial charge in [0.2, 0.25) is 0 Å². The zero-order valence-electron chi connectivity index (χ0n) is 8.74. The minimum absolute atomic E-state index is 0.540. The molecule has 15 heavy (non-hydrogen) atoms. The summed E-state index contributed by atoms with van der Waals surface area (Å²) in [5.74, 6) is -0.650. The van der Waals surface area contributed by atoms with Gasteiger partial charge in [-0.15, -0.1) is 0 Å². The SMILES string of the molecule is O=C(O)C1(Cc2ccoc2)CCCCC1. The van der Waals surface area contributed by atoms with E-state index < -0.39 is 11.4 Å². The lowest BCUT2D eigenvalue weighted by atomic mass is 9.71. The molecule has 0 saturated heterocycles. The molecule has 1 aliphatic carbocycles. The molecule has 0 unspecified atom stereocenters. The summed E-state index contributed by atoms with van der Waals surface area (Å²) in [7, 11) is 0. The minimum Gasteiger partial charge on any atom is -0.481 e. The van der Waals surface area contributed by atoms with Crippen LogP contribution in [0.5, 0.6) is 0 Å². The molecule has 0 bridgehead atoms. The second-order valence-corrected chi connectivity index (χ2v) is 4.45. The average molecular weight is 208 g/mol. The number of carboxylic acid groups (broad SMARTS) is 1. The molecule has 2 rings (SSSR count). The maximum Gasteiger partial charge on any atom is 0.309 e. The number of carboxylic acids is 1. The third-order valence-electron chi connectivity index (χ3n) is 3.39. The zero-order valence-corrected chi connectivity index (χ0v) is 8.74. The Bertz CT molecular complexity index is 321. The number of carbonyl (C=O) groups is 1. The van der Waals surface area contributed by atoms with Crippen molar-refractivity contribution in [3.63, 3.8) is 0 Å². The first-order valence-corrected chi connectivity index (χ1v) is 5.47. The van der Waals surface area contributed by atoms with Crippen molar-refractivity contribution < 1.29 is 14.3 Å². The van der Waals surface area contributed by atoms with Crippen LogP contribution in [0.1, 0.15) is 37.7 Å². The van der Waals surface area contributed by atoms with Crippen molar-refractivity contribution in [2.24, 2.45) is 5.41 Å². The molecule has 82 valence electrons. The van der Waals surface area contributed by atoms with E-state index in [1.165, 1.54) is 6.42 Å². The van der Waals surface area contributed by atoms with Gasteiger partial charge in [-0.2, -0.15) is 0 Å². The van der Waals surface area contributed by atoms with Gasteiger partial charge in [0, 0.05) is 0 Å². The molecule has 3 nitrogen and oxygen atoms in total. The molecule has 1 heterocycles. The smallest absolute Gasteiger partial charge is 0.309 e. The highest BCUT2D eigenvalue weighted by Gasteiger charge is 2.39. The molecule has 0 amide bonds. The van der Waals surface area contributed by atoms with Gasteiger partial charge >= 0.3 is 5.97 Å². The lowest BCUT2D eigenvalue weighted by molar-refractivity contribution is -0.151. The molecule has 1 aromatic rings. The summed E-state index contributed by atoms with van der Waals surface area (Å²) in [4.78, 5) is 11.4. The Morgan fingerprint density at radius 2 is 2.13 bits per heavy atom. The molecule has 0 atom stereocenters. The maximum absolute atomic E-state index is 11.4. The maximum atomic E-state index is 11.4. The van der Waals surface area contributed by atoms with Crippen LogP contribution in [0.3, 0.4) is 0 Å². The van der Waals surface area contributed by atoms with Gasteiger partial charge in [-0.1, -0.05) is 19.3 Å². The van der Waals surface area contributed by atoms with Gasteiger partial charge in [0.1, 0.15) is 0 Å². The van der Waals surface area contributed by atoms with E-state index in [9.17, 15) is 9.90 Å². The molecule has 1 N–H and O–H groups in total. The number of hydrogen-bond acceptors (Lipinski definition) is 2. The first-order chi connectivity index (χ1) is 7.23. The molecule has 1 fully saturated rings. The standard InChI is InChI=1S/C12H16O3/c13-11(14)12(5-2-1-3-6-12)8-10-4-7-15-9-10/h4,7,9H,1-3,5-6,8H2,(H,13,14). The third kappa shape index (κ3) is 2.06. The molecule has 0 aromatic carbocycles. The largest absolute Gasteiger partial charge is 0.481 e. The fourth-order valence-electron chi connectivity index (χ4n) is 2.48. The zero-order chi connectivity index (χ0) is 10.7. The number of aliphatic carboxylic acids is 1. The predicted octanol–water partition coefficient (Wildman–Crippen LogP) is 2.86. The highest BCUT2D eigenvalue weighted by molar-refractivity contribution is 5.75. The van der Waals surface area contributed by atoms with E-state index in [4.69, 9.17) is 4.42 Å². The molecular formula is C12H16O3. The van der Waals surface area contributed by atoms with Crippen molar-refractivity contribution in [3.8, 4) is 0 Å². The Labute approximate surface area is 89.1 Å². The third-order valence-corrected chi connectivity index (χ3v) is 3.39. The van der Waals surface area contributed by atoms with Crippen LogP contribution in [-0.2, 0) is 11.2 Å². The van der Waals surface area contributed by atoms with Gasteiger partial charge in [-0.05, 0) is 30.9 Å². The van der Waals surface area contributed by atoms with E-state index in [0.717, 1.165) is 31.2 Å². The van der Waals surface area contributed by atoms with E-state index in [1.54, 1.807) is 12.5 Å². The van der Waals surface area contributed by atoms with E-state index in [-0.39, 0.29) is 0 Å². The van der Waals surface area contributed by atoms with Crippen molar-refractivity contribution in [3.05, 3.63) is 24.2 Å². The Hall–Kier alpha value is -1.25. The lowest BCUT2D eigenvalue weighted by Gasteiger charge is -2.32. The Balaban J connectivity index is 2.15. The van der Waals surface area contributed by atoms with Gasteiger partial charge in [-0.25, -0.2) is 0 Å².